The number of hydrogen-bond acceptors (Lipinski definition) is 7. The summed E-state index contributed by atoms with van der Waals surface area (Å²) in [6.07, 6.45) is 1.73. The Hall–Kier alpha value is -4.07. The van der Waals surface area contributed by atoms with Crippen LogP contribution in [0.15, 0.2) is 53.2 Å². The number of rotatable bonds is 4. The van der Waals surface area contributed by atoms with Crippen molar-refractivity contribution in [1.29, 1.82) is 0 Å². The molecule has 0 saturated carbocycles. The lowest BCUT2D eigenvalue weighted by Crippen LogP contribution is -2.36. The van der Waals surface area contributed by atoms with Crippen molar-refractivity contribution in [3.8, 4) is 17.2 Å². The van der Waals surface area contributed by atoms with E-state index in [1.54, 1.807) is 20.1 Å². The zero-order chi connectivity index (χ0) is 21.5. The molecule has 1 aromatic heterocycles. The predicted octanol–water partition coefficient (Wildman–Crippen LogP) is 3.91. The number of amidine groups is 1. The highest BCUT2D eigenvalue weighted by Gasteiger charge is 2.28. The molecule has 0 aliphatic carbocycles. The zero-order valence-corrected chi connectivity index (χ0v) is 17.3. The minimum Gasteiger partial charge on any atom is -0.497 e. The van der Waals surface area contributed by atoms with Crippen LogP contribution in [-0.4, -0.2) is 35.6 Å². The van der Waals surface area contributed by atoms with Crippen molar-refractivity contribution < 1.29 is 19.0 Å². The molecular formula is C23H20N4O4. The lowest BCUT2D eigenvalue weighted by Gasteiger charge is -2.20. The third-order valence-electron chi connectivity index (χ3n) is 5.10. The van der Waals surface area contributed by atoms with E-state index in [0.29, 0.717) is 28.8 Å². The average Bonchev–Trinajstić information content (AvgIpc) is 3.33. The molecule has 0 atom stereocenters. The van der Waals surface area contributed by atoms with Crippen LogP contribution < -0.4 is 19.6 Å². The number of amides is 1. The average molecular weight is 416 g/mol. The van der Waals surface area contributed by atoms with E-state index in [1.165, 1.54) is 5.01 Å². The van der Waals surface area contributed by atoms with E-state index in [4.69, 9.17) is 14.2 Å². The van der Waals surface area contributed by atoms with Crippen LogP contribution in [0, 0.1) is 6.92 Å². The molecule has 2 aliphatic rings. The van der Waals surface area contributed by atoms with Crippen molar-refractivity contribution >= 4 is 34.4 Å². The summed E-state index contributed by atoms with van der Waals surface area (Å²) in [5, 5.41) is 2.28. The molecule has 0 bridgehead atoms. The quantitative estimate of drug-likeness (QED) is 0.649. The summed E-state index contributed by atoms with van der Waals surface area (Å²) in [6.45, 7) is 3.89. The van der Waals surface area contributed by atoms with Crippen LogP contribution in [0.2, 0.25) is 0 Å². The van der Waals surface area contributed by atoms with Gasteiger partial charge >= 0.3 is 0 Å². The summed E-state index contributed by atoms with van der Waals surface area (Å²) in [7, 11) is 1.61. The molecule has 2 aromatic carbocycles. The van der Waals surface area contributed by atoms with Gasteiger partial charge in [0, 0.05) is 11.1 Å². The molecular weight excluding hydrogens is 396 g/mol. The monoisotopic (exact) mass is 416 g/mol. The van der Waals surface area contributed by atoms with Gasteiger partial charge in [-0.3, -0.25) is 15.2 Å². The first-order valence-electron chi connectivity index (χ1n) is 9.75. The fourth-order valence-corrected chi connectivity index (χ4v) is 3.60. The molecule has 0 radical (unpaired) electrons. The van der Waals surface area contributed by atoms with Gasteiger partial charge in [-0.2, -0.15) is 0 Å². The predicted molar refractivity (Wildman–Crippen MR) is 117 cm³/mol. The molecule has 3 aromatic rings. The summed E-state index contributed by atoms with van der Waals surface area (Å²) < 4.78 is 16.1. The molecule has 8 nitrogen and oxygen atoms in total. The van der Waals surface area contributed by atoms with E-state index in [1.807, 2.05) is 49.4 Å². The number of ether oxygens (including phenoxy) is 3. The first-order valence-corrected chi connectivity index (χ1v) is 9.75. The number of benzene rings is 2. The van der Waals surface area contributed by atoms with Gasteiger partial charge < -0.3 is 14.2 Å². The number of aryl methyl sites for hydroxylation is 1. The van der Waals surface area contributed by atoms with Gasteiger partial charge in [0.05, 0.1) is 18.3 Å². The number of anilines is 1. The third kappa shape index (κ3) is 3.42. The molecule has 156 valence electrons. The summed E-state index contributed by atoms with van der Waals surface area (Å²) >= 11 is 0. The van der Waals surface area contributed by atoms with Crippen molar-refractivity contribution in [3.05, 3.63) is 59.4 Å². The van der Waals surface area contributed by atoms with Crippen LogP contribution in [0.5, 0.6) is 17.2 Å². The fourth-order valence-electron chi connectivity index (χ4n) is 3.60. The number of pyridine rings is 1. The Bertz CT molecular complexity index is 1280. The maximum atomic E-state index is 13.1. The van der Waals surface area contributed by atoms with E-state index in [9.17, 15) is 4.79 Å². The number of hydrogen-bond donors (Lipinski definition) is 1. The van der Waals surface area contributed by atoms with Crippen molar-refractivity contribution in [1.82, 2.24) is 9.99 Å². The Balaban J connectivity index is 1.46. The van der Waals surface area contributed by atoms with E-state index >= 15 is 0 Å². The Morgan fingerprint density at radius 3 is 2.77 bits per heavy atom. The molecule has 1 N–H and O–H groups in total. The van der Waals surface area contributed by atoms with Gasteiger partial charge in [-0.15, -0.1) is 0 Å². The number of fused-ring (bicyclic) bond motifs is 2. The van der Waals surface area contributed by atoms with Gasteiger partial charge in [-0.05, 0) is 61.9 Å². The molecule has 0 fully saturated rings. The van der Waals surface area contributed by atoms with Gasteiger partial charge in [-0.25, -0.2) is 10.0 Å². The van der Waals surface area contributed by atoms with Crippen LogP contribution in [-0.2, 0) is 4.79 Å². The maximum absolute atomic E-state index is 13.1. The van der Waals surface area contributed by atoms with E-state index in [-0.39, 0.29) is 12.7 Å². The van der Waals surface area contributed by atoms with Crippen molar-refractivity contribution in [2.45, 2.75) is 13.8 Å². The number of aromatic nitrogens is 1. The standard InChI is InChI=1S/C23H20N4O4/c1-13-8-19(17-11-16(29-3)5-6-18(17)24-13)26-27-14(2)25-20(23(27)28)9-15-4-7-21-22(10-15)31-12-30-21/h4-11H,12H2,1-3H3,(H,24,26)/b20-9-. The third-order valence-corrected chi connectivity index (χ3v) is 5.10. The van der Waals surface area contributed by atoms with Crippen LogP contribution in [0.4, 0.5) is 5.69 Å². The molecule has 8 heteroatoms. The fraction of sp³-hybridized carbons (Fsp3) is 0.174. The summed E-state index contributed by atoms with van der Waals surface area (Å²) in [4.78, 5) is 22.1. The highest BCUT2D eigenvalue weighted by molar-refractivity contribution is 6.14. The smallest absolute Gasteiger partial charge is 0.296 e. The molecule has 1 amide bonds. The largest absolute Gasteiger partial charge is 0.497 e. The lowest BCUT2D eigenvalue weighted by molar-refractivity contribution is -0.121. The van der Waals surface area contributed by atoms with E-state index in [2.05, 4.69) is 15.4 Å². The zero-order valence-electron chi connectivity index (χ0n) is 17.3. The highest BCUT2D eigenvalue weighted by atomic mass is 16.7. The van der Waals surface area contributed by atoms with E-state index < -0.39 is 0 Å². The second-order valence-corrected chi connectivity index (χ2v) is 7.25. The molecule has 2 aliphatic heterocycles. The molecule has 5 rings (SSSR count). The molecule has 0 saturated heterocycles. The van der Waals surface area contributed by atoms with Crippen LogP contribution in [0.1, 0.15) is 18.2 Å². The van der Waals surface area contributed by atoms with Crippen LogP contribution in [0.25, 0.3) is 17.0 Å². The number of methoxy groups -OCH3 is 1. The number of nitrogens with one attached hydrogen (secondary N) is 1. The van der Waals surface area contributed by atoms with Gasteiger partial charge in [0.15, 0.2) is 11.5 Å². The Kier molecular flexibility index (Phi) is 4.47. The second kappa shape index (κ2) is 7.32. The first-order chi connectivity index (χ1) is 15.0. The first kappa shape index (κ1) is 18.9. The highest BCUT2D eigenvalue weighted by Crippen LogP contribution is 2.34. The number of hydrazine groups is 1. The SMILES string of the molecule is COc1ccc2nc(C)cc(NN3C(=O)/C(=C/c4ccc5c(c4)OCO5)N=C3C)c2c1. The van der Waals surface area contributed by atoms with Gasteiger partial charge in [0.2, 0.25) is 6.79 Å². The second-order valence-electron chi connectivity index (χ2n) is 7.25. The topological polar surface area (TPSA) is 85.3 Å². The lowest BCUT2D eigenvalue weighted by atomic mass is 10.1. The Morgan fingerprint density at radius 2 is 1.94 bits per heavy atom. The minimum absolute atomic E-state index is 0.202. The van der Waals surface area contributed by atoms with Crippen molar-refractivity contribution in [2.75, 3.05) is 19.3 Å². The molecule has 3 heterocycles. The maximum Gasteiger partial charge on any atom is 0.296 e. The number of nitrogens with zero attached hydrogens (tertiary/aromatic N) is 3. The molecule has 0 spiro atoms. The van der Waals surface area contributed by atoms with E-state index in [0.717, 1.165) is 27.8 Å². The molecule has 0 unspecified atom stereocenters. The van der Waals surface area contributed by atoms with Gasteiger partial charge in [-0.1, -0.05) is 6.07 Å². The summed E-state index contributed by atoms with van der Waals surface area (Å²) in [5.41, 5.74) is 6.72. The number of carbonyl (C=O) groups is 1. The number of carbonyl (C=O) groups excluding carboxylic acids is 1. The Labute approximate surface area is 178 Å². The van der Waals surface area contributed by atoms with Crippen molar-refractivity contribution in [3.63, 3.8) is 0 Å². The Morgan fingerprint density at radius 1 is 1.10 bits per heavy atom. The summed E-state index contributed by atoms with van der Waals surface area (Å²) in [5.74, 6) is 2.35. The van der Waals surface area contributed by atoms with Gasteiger partial charge in [0.25, 0.3) is 5.91 Å². The normalized spacial score (nSPS) is 16.2. The minimum atomic E-state index is -0.249. The number of aliphatic imine (C=N–C) groups is 1. The van der Waals surface area contributed by atoms with Gasteiger partial charge in [0.1, 0.15) is 17.3 Å². The van der Waals surface area contributed by atoms with Crippen LogP contribution in [0.3, 0.4) is 0 Å². The summed E-state index contributed by atoms with van der Waals surface area (Å²) in [6, 6.07) is 13.0. The van der Waals surface area contributed by atoms with Crippen LogP contribution >= 0.6 is 0 Å². The molecule has 31 heavy (non-hydrogen) atoms. The van der Waals surface area contributed by atoms with Crippen molar-refractivity contribution in [2.24, 2.45) is 4.99 Å².